The summed E-state index contributed by atoms with van der Waals surface area (Å²) in [4.78, 5) is 4.26. The second-order valence-electron chi connectivity index (χ2n) is 10.8. The van der Waals surface area contributed by atoms with E-state index in [1.807, 2.05) is 0 Å². The van der Waals surface area contributed by atoms with Gasteiger partial charge < -0.3 is 13.9 Å². The van der Waals surface area contributed by atoms with Crippen LogP contribution in [0, 0.1) is 11.3 Å². The lowest BCUT2D eigenvalue weighted by Gasteiger charge is -2.29. The van der Waals surface area contributed by atoms with Crippen molar-refractivity contribution in [2.45, 2.75) is 44.3 Å². The Morgan fingerprint density at radius 1 is 1.14 bits per heavy atom. The molecule has 0 spiro atoms. The maximum atomic E-state index is 14.4. The number of ether oxygens (including phenoxy) is 2. The Hall–Kier alpha value is -3.86. The van der Waals surface area contributed by atoms with Crippen LogP contribution in [0.5, 0.6) is 11.5 Å². The molecule has 4 aromatic rings. The van der Waals surface area contributed by atoms with Gasteiger partial charge in [-0.25, -0.2) is 12.7 Å². The fourth-order valence-corrected chi connectivity index (χ4v) is 7.07. The van der Waals surface area contributed by atoms with Gasteiger partial charge in [0.25, 0.3) is 0 Å². The van der Waals surface area contributed by atoms with Gasteiger partial charge >= 0.3 is 0 Å². The summed E-state index contributed by atoms with van der Waals surface area (Å²) in [5, 5.41) is 17.7. The number of anilines is 1. The van der Waals surface area contributed by atoms with E-state index in [0.29, 0.717) is 39.7 Å². The summed E-state index contributed by atoms with van der Waals surface area (Å²) in [5.41, 5.74) is 0.980. The molecule has 0 aliphatic carbocycles. The van der Waals surface area contributed by atoms with Crippen molar-refractivity contribution in [3.63, 3.8) is 0 Å². The fourth-order valence-electron chi connectivity index (χ4n) is 4.36. The first-order valence-electron chi connectivity index (χ1n) is 13.2. The average Bonchev–Trinajstić information content (AvgIpc) is 3.63. The molecule has 3 aromatic heterocycles. The molecule has 0 amide bonds. The zero-order chi connectivity index (χ0) is 30.7. The molecule has 0 aliphatic heterocycles. The van der Waals surface area contributed by atoms with Crippen LogP contribution in [-0.4, -0.2) is 62.3 Å². The summed E-state index contributed by atoms with van der Waals surface area (Å²) in [6.45, 7) is 8.25. The predicted octanol–water partition coefficient (Wildman–Crippen LogP) is 5.57. The smallest absolute Gasteiger partial charge is 0.246 e. The van der Waals surface area contributed by atoms with Crippen molar-refractivity contribution >= 4 is 35.6 Å². The first-order chi connectivity index (χ1) is 19.9. The van der Waals surface area contributed by atoms with Crippen molar-refractivity contribution in [2.75, 3.05) is 25.1 Å². The number of sulfonamides is 1. The third-order valence-electron chi connectivity index (χ3n) is 6.65. The van der Waals surface area contributed by atoms with Gasteiger partial charge in [0.1, 0.15) is 23.3 Å². The van der Waals surface area contributed by atoms with Gasteiger partial charge in [0, 0.05) is 27.2 Å². The van der Waals surface area contributed by atoms with Gasteiger partial charge in [0.05, 0.1) is 42.0 Å². The number of hydrogen-bond donors (Lipinski definition) is 0. The summed E-state index contributed by atoms with van der Waals surface area (Å²) in [6, 6.07) is 12.9. The van der Waals surface area contributed by atoms with E-state index in [9.17, 15) is 13.7 Å². The highest BCUT2D eigenvalue weighted by atomic mass is 35.5. The minimum absolute atomic E-state index is 0.0109. The van der Waals surface area contributed by atoms with Crippen molar-refractivity contribution in [3.8, 4) is 34.8 Å². The van der Waals surface area contributed by atoms with Crippen molar-refractivity contribution in [1.29, 1.82) is 5.26 Å². The van der Waals surface area contributed by atoms with Crippen LogP contribution >= 0.6 is 11.6 Å². The van der Waals surface area contributed by atoms with Crippen molar-refractivity contribution < 1.29 is 22.3 Å². The lowest BCUT2D eigenvalue weighted by atomic mass is 10.1. The number of para-hydroxylation sites is 1. The van der Waals surface area contributed by atoms with Crippen LogP contribution in [0.3, 0.4) is 0 Å². The number of hydrogen-bond acceptors (Lipinski definition) is 9. The molecule has 14 heteroatoms. The standard InChI is InChI=1S/C28H33ClN6O5SSi/c1-19(15-22-20(17-30)16-21(29)18-31-22)41(36,37)34(12-14-42(4,5)6)28-33-32-27(25-11-8-13-40-25)35(28)26-23(38-2)9-7-10-24(26)39-3/h7-11,13,16,18-19H,12,14-15H2,1-6H3/t19-/m0/s1. The normalized spacial score (nSPS) is 12.5. The van der Waals surface area contributed by atoms with Crippen LogP contribution in [-0.2, 0) is 16.4 Å². The Morgan fingerprint density at radius 3 is 2.40 bits per heavy atom. The van der Waals surface area contributed by atoms with Crippen LogP contribution < -0.4 is 13.8 Å². The second kappa shape index (κ2) is 12.6. The first kappa shape index (κ1) is 31.1. The van der Waals surface area contributed by atoms with Gasteiger partial charge in [-0.15, -0.1) is 10.2 Å². The molecule has 0 N–H and O–H groups in total. The topological polar surface area (TPSA) is 136 Å². The van der Waals surface area contributed by atoms with Gasteiger partial charge in [-0.3, -0.25) is 9.55 Å². The number of furan rings is 1. The maximum absolute atomic E-state index is 14.4. The highest BCUT2D eigenvalue weighted by Gasteiger charge is 2.37. The van der Waals surface area contributed by atoms with Crippen LogP contribution in [0.2, 0.25) is 30.7 Å². The molecule has 3 heterocycles. The monoisotopic (exact) mass is 628 g/mol. The van der Waals surface area contributed by atoms with Crippen molar-refractivity contribution in [2.24, 2.45) is 0 Å². The molecule has 0 aliphatic rings. The summed E-state index contributed by atoms with van der Waals surface area (Å²) in [5.74, 6) is 1.54. The second-order valence-corrected chi connectivity index (χ2v) is 19.2. The molecular formula is C28H33ClN6O5SSi. The number of benzene rings is 1. The number of nitrogens with zero attached hydrogens (tertiary/aromatic N) is 6. The van der Waals surface area contributed by atoms with E-state index >= 15 is 0 Å². The highest BCUT2D eigenvalue weighted by Crippen LogP contribution is 2.39. The minimum Gasteiger partial charge on any atom is -0.494 e. The average molecular weight is 629 g/mol. The van der Waals surface area contributed by atoms with E-state index in [1.54, 1.807) is 41.8 Å². The van der Waals surface area contributed by atoms with E-state index in [1.165, 1.54) is 37.1 Å². The lowest BCUT2D eigenvalue weighted by molar-refractivity contribution is 0.391. The van der Waals surface area contributed by atoms with E-state index in [-0.39, 0.29) is 30.3 Å². The SMILES string of the molecule is COc1cccc(OC)c1-n1c(-c2ccco2)nnc1N(CC[Si](C)(C)C)S(=O)(=O)[C@@H](C)Cc1ncc(Cl)cc1C#N. The van der Waals surface area contributed by atoms with Gasteiger partial charge in [-0.2, -0.15) is 5.26 Å². The van der Waals surface area contributed by atoms with E-state index in [0.717, 1.165) is 0 Å². The Labute approximate surface area is 251 Å². The Balaban J connectivity index is 1.93. The molecule has 0 saturated heterocycles. The number of halogens is 1. The van der Waals surface area contributed by atoms with Crippen LogP contribution in [0.4, 0.5) is 5.95 Å². The maximum Gasteiger partial charge on any atom is 0.246 e. The zero-order valence-corrected chi connectivity index (χ0v) is 26.9. The van der Waals surface area contributed by atoms with Crippen molar-refractivity contribution in [3.05, 3.63) is 65.1 Å². The van der Waals surface area contributed by atoms with Crippen LogP contribution in [0.25, 0.3) is 17.3 Å². The molecule has 0 bridgehead atoms. The molecular weight excluding hydrogens is 596 g/mol. The first-order valence-corrected chi connectivity index (χ1v) is 18.8. The highest BCUT2D eigenvalue weighted by molar-refractivity contribution is 7.93. The fraction of sp³-hybridized carbons (Fsp3) is 0.357. The molecule has 0 unspecified atom stereocenters. The molecule has 11 nitrogen and oxygen atoms in total. The van der Waals surface area contributed by atoms with E-state index < -0.39 is 23.3 Å². The third-order valence-corrected chi connectivity index (χ3v) is 10.7. The molecule has 222 valence electrons. The van der Waals surface area contributed by atoms with E-state index in [4.69, 9.17) is 25.5 Å². The Bertz CT molecular complexity index is 1670. The molecule has 0 fully saturated rings. The number of aromatic nitrogens is 4. The number of methoxy groups -OCH3 is 2. The summed E-state index contributed by atoms with van der Waals surface area (Å²) < 4.78 is 48.8. The van der Waals surface area contributed by atoms with Crippen LogP contribution in [0.15, 0.2) is 53.3 Å². The zero-order valence-electron chi connectivity index (χ0n) is 24.3. The number of pyridine rings is 1. The molecule has 1 atom stereocenters. The van der Waals surface area contributed by atoms with Gasteiger partial charge in [-0.1, -0.05) is 37.3 Å². The predicted molar refractivity (Wildman–Crippen MR) is 164 cm³/mol. The quantitative estimate of drug-likeness (QED) is 0.184. The van der Waals surface area contributed by atoms with Gasteiger partial charge in [0.2, 0.25) is 21.8 Å². The summed E-state index contributed by atoms with van der Waals surface area (Å²) in [7, 11) is -2.81. The molecule has 4 rings (SSSR count). The summed E-state index contributed by atoms with van der Waals surface area (Å²) in [6.07, 6.45) is 2.89. The number of nitriles is 1. The largest absolute Gasteiger partial charge is 0.494 e. The Morgan fingerprint density at radius 2 is 1.83 bits per heavy atom. The Kier molecular flexibility index (Phi) is 9.30. The lowest BCUT2D eigenvalue weighted by Crippen LogP contribution is -2.42. The summed E-state index contributed by atoms with van der Waals surface area (Å²) >= 11 is 6.02. The van der Waals surface area contributed by atoms with Crippen molar-refractivity contribution in [1.82, 2.24) is 19.7 Å². The molecule has 42 heavy (non-hydrogen) atoms. The molecule has 0 saturated carbocycles. The van der Waals surface area contributed by atoms with Gasteiger partial charge in [-0.05, 0) is 43.3 Å². The third kappa shape index (κ3) is 6.45. The number of rotatable bonds is 12. The molecule has 0 radical (unpaired) electrons. The van der Waals surface area contributed by atoms with E-state index in [2.05, 4.69) is 40.9 Å². The molecule has 1 aromatic carbocycles. The van der Waals surface area contributed by atoms with Gasteiger partial charge in [0.15, 0.2) is 5.76 Å². The minimum atomic E-state index is -4.10. The van der Waals surface area contributed by atoms with Crippen LogP contribution in [0.1, 0.15) is 18.2 Å².